The van der Waals surface area contributed by atoms with Gasteiger partial charge in [-0.15, -0.1) is 0 Å². The standard InChI is InChI=1S/C9H15IN4/c1-2-7(11)3-4-13-9-8(10)5-12-6-14-9/h5-7H,2-4,11H2,1H3,(H,12,13,14). The predicted octanol–water partition coefficient (Wildman–Crippen LogP) is 1.62. The SMILES string of the molecule is CCC(N)CCNc1ncncc1I. The second-order valence-corrected chi connectivity index (χ2v) is 4.27. The highest BCUT2D eigenvalue weighted by molar-refractivity contribution is 14.1. The Kier molecular flexibility index (Phi) is 5.10. The van der Waals surface area contributed by atoms with E-state index in [0.29, 0.717) is 0 Å². The molecule has 3 N–H and O–H groups in total. The van der Waals surface area contributed by atoms with Crippen LogP contribution in [0.3, 0.4) is 0 Å². The summed E-state index contributed by atoms with van der Waals surface area (Å²) in [5.41, 5.74) is 5.80. The van der Waals surface area contributed by atoms with Gasteiger partial charge in [0.2, 0.25) is 0 Å². The second-order valence-electron chi connectivity index (χ2n) is 3.10. The quantitative estimate of drug-likeness (QED) is 0.812. The van der Waals surface area contributed by atoms with Gasteiger partial charge in [-0.3, -0.25) is 0 Å². The number of hydrogen-bond acceptors (Lipinski definition) is 4. The molecule has 1 rings (SSSR count). The molecular formula is C9H15IN4. The highest BCUT2D eigenvalue weighted by Crippen LogP contribution is 2.12. The first-order chi connectivity index (χ1) is 6.74. The van der Waals surface area contributed by atoms with Crippen LogP contribution < -0.4 is 11.1 Å². The molecule has 0 saturated heterocycles. The van der Waals surface area contributed by atoms with E-state index >= 15 is 0 Å². The van der Waals surface area contributed by atoms with Crippen LogP contribution in [0.15, 0.2) is 12.5 Å². The Morgan fingerprint density at radius 2 is 2.43 bits per heavy atom. The first-order valence-electron chi connectivity index (χ1n) is 4.69. The van der Waals surface area contributed by atoms with Gasteiger partial charge in [0, 0.05) is 18.8 Å². The van der Waals surface area contributed by atoms with E-state index < -0.39 is 0 Å². The Balaban J connectivity index is 2.35. The molecule has 0 bridgehead atoms. The van der Waals surface area contributed by atoms with Crippen LogP contribution in [0, 0.1) is 3.57 Å². The van der Waals surface area contributed by atoms with Crippen molar-refractivity contribution in [2.24, 2.45) is 5.73 Å². The van der Waals surface area contributed by atoms with E-state index in [0.717, 1.165) is 28.8 Å². The fourth-order valence-corrected chi connectivity index (χ4v) is 1.51. The number of hydrogen-bond donors (Lipinski definition) is 2. The van der Waals surface area contributed by atoms with Crippen molar-refractivity contribution in [2.45, 2.75) is 25.8 Å². The number of aromatic nitrogens is 2. The van der Waals surface area contributed by atoms with Crippen molar-refractivity contribution in [1.29, 1.82) is 0 Å². The molecule has 0 radical (unpaired) electrons. The smallest absolute Gasteiger partial charge is 0.142 e. The molecule has 0 aliphatic rings. The van der Waals surface area contributed by atoms with Crippen LogP contribution >= 0.6 is 22.6 Å². The Hall–Kier alpha value is -0.430. The summed E-state index contributed by atoms with van der Waals surface area (Å²) in [5, 5.41) is 3.24. The number of nitrogens with one attached hydrogen (secondary N) is 1. The highest BCUT2D eigenvalue weighted by atomic mass is 127. The molecule has 0 aliphatic carbocycles. The van der Waals surface area contributed by atoms with Crippen LogP contribution in [0.25, 0.3) is 0 Å². The fraction of sp³-hybridized carbons (Fsp3) is 0.556. The highest BCUT2D eigenvalue weighted by Gasteiger charge is 2.01. The minimum Gasteiger partial charge on any atom is -0.369 e. The third kappa shape index (κ3) is 3.75. The van der Waals surface area contributed by atoms with E-state index in [-0.39, 0.29) is 6.04 Å². The van der Waals surface area contributed by atoms with Crippen LogP contribution in [0.2, 0.25) is 0 Å². The van der Waals surface area contributed by atoms with E-state index in [1.807, 2.05) is 0 Å². The minimum absolute atomic E-state index is 0.280. The normalized spacial score (nSPS) is 12.5. The maximum absolute atomic E-state index is 5.80. The predicted molar refractivity (Wildman–Crippen MR) is 66.1 cm³/mol. The van der Waals surface area contributed by atoms with Gasteiger partial charge in [-0.2, -0.15) is 0 Å². The molecule has 1 aromatic heterocycles. The van der Waals surface area contributed by atoms with Gasteiger partial charge in [-0.25, -0.2) is 9.97 Å². The van der Waals surface area contributed by atoms with E-state index in [9.17, 15) is 0 Å². The molecule has 14 heavy (non-hydrogen) atoms. The molecule has 0 fully saturated rings. The average molecular weight is 306 g/mol. The lowest BCUT2D eigenvalue weighted by Gasteiger charge is -2.10. The monoisotopic (exact) mass is 306 g/mol. The van der Waals surface area contributed by atoms with Crippen molar-refractivity contribution in [1.82, 2.24) is 9.97 Å². The Morgan fingerprint density at radius 3 is 3.07 bits per heavy atom. The van der Waals surface area contributed by atoms with E-state index in [2.05, 4.69) is 44.8 Å². The topological polar surface area (TPSA) is 63.8 Å². The van der Waals surface area contributed by atoms with Crippen LogP contribution in [0.4, 0.5) is 5.82 Å². The molecule has 1 heterocycles. The number of rotatable bonds is 5. The lowest BCUT2D eigenvalue weighted by molar-refractivity contribution is 0.613. The maximum Gasteiger partial charge on any atom is 0.142 e. The third-order valence-corrected chi connectivity index (χ3v) is 2.79. The van der Waals surface area contributed by atoms with E-state index in [4.69, 9.17) is 5.73 Å². The van der Waals surface area contributed by atoms with Gasteiger partial charge in [0.05, 0.1) is 3.57 Å². The Bertz CT molecular complexity index is 279. The molecule has 1 aromatic rings. The lowest BCUT2D eigenvalue weighted by atomic mass is 10.2. The van der Waals surface area contributed by atoms with Crippen molar-refractivity contribution in [3.8, 4) is 0 Å². The Morgan fingerprint density at radius 1 is 1.64 bits per heavy atom. The van der Waals surface area contributed by atoms with Crippen LogP contribution in [0.5, 0.6) is 0 Å². The van der Waals surface area contributed by atoms with Crippen molar-refractivity contribution in [3.05, 3.63) is 16.1 Å². The molecule has 0 spiro atoms. The van der Waals surface area contributed by atoms with E-state index in [1.54, 1.807) is 12.5 Å². The van der Waals surface area contributed by atoms with Crippen molar-refractivity contribution in [3.63, 3.8) is 0 Å². The molecule has 5 heteroatoms. The molecule has 0 aliphatic heterocycles. The summed E-state index contributed by atoms with van der Waals surface area (Å²) in [5.74, 6) is 0.893. The largest absolute Gasteiger partial charge is 0.369 e. The maximum atomic E-state index is 5.80. The summed E-state index contributed by atoms with van der Waals surface area (Å²) in [6.07, 6.45) is 5.32. The van der Waals surface area contributed by atoms with E-state index in [1.165, 1.54) is 0 Å². The van der Waals surface area contributed by atoms with Crippen molar-refractivity contribution < 1.29 is 0 Å². The molecule has 4 nitrogen and oxygen atoms in total. The van der Waals surface area contributed by atoms with Crippen molar-refractivity contribution >= 4 is 28.4 Å². The van der Waals surface area contributed by atoms with Crippen molar-refractivity contribution in [2.75, 3.05) is 11.9 Å². The zero-order chi connectivity index (χ0) is 10.4. The van der Waals surface area contributed by atoms with Gasteiger partial charge < -0.3 is 11.1 Å². The molecule has 0 aromatic carbocycles. The minimum atomic E-state index is 0.280. The zero-order valence-corrected chi connectivity index (χ0v) is 10.4. The average Bonchev–Trinajstić information content (AvgIpc) is 2.20. The molecule has 78 valence electrons. The molecule has 1 atom stereocenters. The first kappa shape index (κ1) is 11.6. The summed E-state index contributed by atoms with van der Waals surface area (Å²) < 4.78 is 1.04. The summed E-state index contributed by atoms with van der Waals surface area (Å²) in [6.45, 7) is 2.96. The number of halogens is 1. The number of nitrogens with zero attached hydrogens (tertiary/aromatic N) is 2. The zero-order valence-electron chi connectivity index (χ0n) is 8.20. The number of nitrogens with two attached hydrogens (primary N) is 1. The molecule has 0 amide bonds. The molecule has 1 unspecified atom stereocenters. The lowest BCUT2D eigenvalue weighted by Crippen LogP contribution is -2.22. The van der Waals surface area contributed by atoms with Gasteiger partial charge in [0.25, 0.3) is 0 Å². The summed E-state index contributed by atoms with van der Waals surface area (Å²) in [7, 11) is 0. The van der Waals surface area contributed by atoms with Crippen LogP contribution in [0.1, 0.15) is 19.8 Å². The van der Waals surface area contributed by atoms with Gasteiger partial charge in [0.1, 0.15) is 12.1 Å². The van der Waals surface area contributed by atoms with Crippen LogP contribution in [-0.4, -0.2) is 22.6 Å². The fourth-order valence-electron chi connectivity index (χ4n) is 1.02. The molecular weight excluding hydrogens is 291 g/mol. The summed E-state index contributed by atoms with van der Waals surface area (Å²) in [6, 6.07) is 0.280. The van der Waals surface area contributed by atoms with Gasteiger partial charge >= 0.3 is 0 Å². The Labute approximate surface area is 97.8 Å². The molecule has 0 saturated carbocycles. The third-order valence-electron chi connectivity index (χ3n) is 2.00. The summed E-state index contributed by atoms with van der Waals surface area (Å²) >= 11 is 2.21. The van der Waals surface area contributed by atoms with Gasteiger partial charge in [0.15, 0.2) is 0 Å². The second kappa shape index (κ2) is 6.13. The van der Waals surface area contributed by atoms with Gasteiger partial charge in [-0.05, 0) is 35.4 Å². The number of anilines is 1. The van der Waals surface area contributed by atoms with Crippen LogP contribution in [-0.2, 0) is 0 Å². The summed E-state index contributed by atoms with van der Waals surface area (Å²) in [4.78, 5) is 8.05. The first-order valence-corrected chi connectivity index (χ1v) is 5.77. The van der Waals surface area contributed by atoms with Gasteiger partial charge in [-0.1, -0.05) is 6.92 Å².